The number of imidazole rings is 1. The van der Waals surface area contributed by atoms with Gasteiger partial charge >= 0.3 is 0 Å². The number of carbonyl (C=O) groups is 1. The Labute approximate surface area is 155 Å². The molecule has 1 fully saturated rings. The van der Waals surface area contributed by atoms with Crippen molar-refractivity contribution in [3.05, 3.63) is 29.1 Å². The summed E-state index contributed by atoms with van der Waals surface area (Å²) in [7, 11) is 3.90. The highest BCUT2D eigenvalue weighted by molar-refractivity contribution is 5.80. The maximum Gasteiger partial charge on any atom is 0.223 e. The summed E-state index contributed by atoms with van der Waals surface area (Å²) in [5.74, 6) is 0.942. The maximum absolute atomic E-state index is 12.6. The molecule has 1 aliphatic rings. The van der Waals surface area contributed by atoms with Crippen LogP contribution in [-0.4, -0.2) is 70.1 Å². The predicted molar refractivity (Wildman–Crippen MR) is 103 cm³/mol. The first-order chi connectivity index (χ1) is 12.3. The van der Waals surface area contributed by atoms with Crippen LogP contribution in [0.2, 0.25) is 0 Å². The Morgan fingerprint density at radius 2 is 2.15 bits per heavy atom. The first-order valence-electron chi connectivity index (χ1n) is 9.37. The molecule has 0 saturated carbocycles. The fourth-order valence-corrected chi connectivity index (χ4v) is 3.91. The Morgan fingerprint density at radius 3 is 2.88 bits per heavy atom. The van der Waals surface area contributed by atoms with Crippen LogP contribution in [-0.2, 0) is 11.2 Å². The molecule has 1 aliphatic heterocycles. The van der Waals surface area contributed by atoms with Crippen molar-refractivity contribution in [3.8, 4) is 0 Å². The number of aliphatic hydroxyl groups is 1. The van der Waals surface area contributed by atoms with E-state index < -0.39 is 5.60 Å². The highest BCUT2D eigenvalue weighted by Gasteiger charge is 2.35. The smallest absolute Gasteiger partial charge is 0.223 e. The minimum atomic E-state index is -0.800. The Bertz CT molecular complexity index is 798. The highest BCUT2D eigenvalue weighted by atomic mass is 16.3. The van der Waals surface area contributed by atoms with Crippen molar-refractivity contribution in [2.75, 3.05) is 33.7 Å². The number of rotatable bonds is 5. The highest BCUT2D eigenvalue weighted by Crippen LogP contribution is 2.23. The predicted octanol–water partition coefficient (Wildman–Crippen LogP) is 2.03. The number of aromatic nitrogens is 2. The summed E-state index contributed by atoms with van der Waals surface area (Å²) in [5, 5.41) is 10.7. The number of H-pyrrole nitrogens is 1. The first-order valence-corrected chi connectivity index (χ1v) is 9.37. The molecular formula is C20H30N4O2. The lowest BCUT2D eigenvalue weighted by Crippen LogP contribution is -2.54. The van der Waals surface area contributed by atoms with Crippen molar-refractivity contribution in [2.45, 2.75) is 45.1 Å². The van der Waals surface area contributed by atoms with Gasteiger partial charge in [-0.3, -0.25) is 4.79 Å². The van der Waals surface area contributed by atoms with Gasteiger partial charge in [0.05, 0.1) is 23.2 Å². The lowest BCUT2D eigenvalue weighted by molar-refractivity contribution is -0.139. The molecule has 1 saturated heterocycles. The molecular weight excluding hydrogens is 328 g/mol. The molecule has 1 atom stereocenters. The van der Waals surface area contributed by atoms with Gasteiger partial charge in [0.2, 0.25) is 5.91 Å². The van der Waals surface area contributed by atoms with E-state index in [2.05, 4.69) is 29.9 Å². The summed E-state index contributed by atoms with van der Waals surface area (Å²) in [4.78, 5) is 24.4. The van der Waals surface area contributed by atoms with E-state index in [0.717, 1.165) is 36.2 Å². The monoisotopic (exact) mass is 358 g/mol. The molecule has 1 aromatic carbocycles. The summed E-state index contributed by atoms with van der Waals surface area (Å²) < 4.78 is 0. The third-order valence-corrected chi connectivity index (χ3v) is 5.32. The molecule has 3 rings (SSSR count). The number of carbonyl (C=O) groups excluding carboxylic acids is 1. The van der Waals surface area contributed by atoms with Crippen LogP contribution in [0.25, 0.3) is 11.0 Å². The van der Waals surface area contributed by atoms with Gasteiger partial charge in [-0.1, -0.05) is 6.07 Å². The van der Waals surface area contributed by atoms with Gasteiger partial charge in [0, 0.05) is 25.9 Å². The van der Waals surface area contributed by atoms with Crippen molar-refractivity contribution in [1.82, 2.24) is 19.8 Å². The molecule has 1 aromatic heterocycles. The second-order valence-corrected chi connectivity index (χ2v) is 7.97. The Morgan fingerprint density at radius 1 is 1.38 bits per heavy atom. The molecule has 0 unspecified atom stereocenters. The molecule has 2 N–H and O–H groups in total. The number of likely N-dealkylation sites (tertiary alicyclic amines) is 1. The average molecular weight is 358 g/mol. The minimum Gasteiger partial charge on any atom is -0.387 e. The third-order valence-electron chi connectivity index (χ3n) is 5.32. The van der Waals surface area contributed by atoms with E-state index in [4.69, 9.17) is 0 Å². The van der Waals surface area contributed by atoms with Gasteiger partial charge in [-0.2, -0.15) is 0 Å². The minimum absolute atomic E-state index is 0.0928. The zero-order valence-electron chi connectivity index (χ0n) is 16.3. The van der Waals surface area contributed by atoms with Crippen molar-refractivity contribution in [1.29, 1.82) is 0 Å². The fourth-order valence-electron chi connectivity index (χ4n) is 3.91. The van der Waals surface area contributed by atoms with E-state index in [-0.39, 0.29) is 5.91 Å². The lowest BCUT2D eigenvalue weighted by Gasteiger charge is -2.40. The van der Waals surface area contributed by atoms with Gasteiger partial charge < -0.3 is 19.9 Å². The van der Waals surface area contributed by atoms with Crippen LogP contribution in [0.4, 0.5) is 0 Å². The number of aromatic amines is 1. The van der Waals surface area contributed by atoms with E-state index in [0.29, 0.717) is 25.9 Å². The molecule has 6 heteroatoms. The molecule has 0 radical (unpaired) electrons. The van der Waals surface area contributed by atoms with Gasteiger partial charge in [0.15, 0.2) is 0 Å². The van der Waals surface area contributed by atoms with Crippen molar-refractivity contribution < 1.29 is 9.90 Å². The van der Waals surface area contributed by atoms with Crippen molar-refractivity contribution in [2.24, 2.45) is 0 Å². The summed E-state index contributed by atoms with van der Waals surface area (Å²) in [6, 6.07) is 4.13. The molecule has 1 amide bonds. The number of β-amino-alcohol motifs (C(OH)–C–C–N with tert-alkyl or cyclic N) is 1. The number of nitrogens with zero attached hydrogens (tertiary/aromatic N) is 3. The van der Waals surface area contributed by atoms with Gasteiger partial charge in [-0.05, 0) is 58.0 Å². The second kappa shape index (κ2) is 7.37. The number of aryl methyl sites for hydroxylation is 3. The largest absolute Gasteiger partial charge is 0.387 e. The maximum atomic E-state index is 12.6. The fraction of sp³-hybridized carbons (Fsp3) is 0.600. The van der Waals surface area contributed by atoms with E-state index in [9.17, 15) is 9.90 Å². The number of fused-ring (bicyclic) bond motifs is 1. The molecule has 0 spiro atoms. The number of hydrogen-bond donors (Lipinski definition) is 2. The zero-order chi connectivity index (χ0) is 18.9. The Kier molecular flexibility index (Phi) is 5.34. The second-order valence-electron chi connectivity index (χ2n) is 7.97. The van der Waals surface area contributed by atoms with Crippen LogP contribution in [0.5, 0.6) is 0 Å². The normalized spacial score (nSPS) is 20.9. The van der Waals surface area contributed by atoms with Gasteiger partial charge in [-0.25, -0.2) is 4.98 Å². The standard InChI is InChI=1S/C20H30N4O2/c1-14-6-7-16-19(15(14)2)22-17(21-16)8-9-18(25)24-11-5-10-20(26,13-24)12-23(3)4/h6-7,26H,5,8-13H2,1-4H3,(H,21,22)/t20-/m0/s1. The van der Waals surface area contributed by atoms with Crippen LogP contribution in [0, 0.1) is 13.8 Å². The number of benzene rings is 1. The van der Waals surface area contributed by atoms with Crippen LogP contribution in [0.3, 0.4) is 0 Å². The molecule has 26 heavy (non-hydrogen) atoms. The van der Waals surface area contributed by atoms with Gasteiger partial charge in [0.1, 0.15) is 5.82 Å². The van der Waals surface area contributed by atoms with E-state index in [1.807, 2.05) is 30.0 Å². The van der Waals surface area contributed by atoms with E-state index in [1.54, 1.807) is 0 Å². The Hall–Kier alpha value is -1.92. The number of piperidine rings is 1. The van der Waals surface area contributed by atoms with Crippen LogP contribution < -0.4 is 0 Å². The topological polar surface area (TPSA) is 72.5 Å². The van der Waals surface area contributed by atoms with Crippen LogP contribution in [0.15, 0.2) is 12.1 Å². The number of likely N-dealkylation sites (N-methyl/N-ethyl adjacent to an activating group) is 1. The number of hydrogen-bond acceptors (Lipinski definition) is 4. The molecule has 6 nitrogen and oxygen atoms in total. The van der Waals surface area contributed by atoms with Crippen molar-refractivity contribution >= 4 is 16.9 Å². The molecule has 142 valence electrons. The first kappa shape index (κ1) is 18.9. The van der Waals surface area contributed by atoms with Crippen LogP contribution in [0.1, 0.15) is 36.2 Å². The van der Waals surface area contributed by atoms with Crippen LogP contribution >= 0.6 is 0 Å². The van der Waals surface area contributed by atoms with Crippen molar-refractivity contribution in [3.63, 3.8) is 0 Å². The van der Waals surface area contributed by atoms with E-state index >= 15 is 0 Å². The summed E-state index contributed by atoms with van der Waals surface area (Å²) in [6.45, 7) is 5.89. The lowest BCUT2D eigenvalue weighted by atomic mass is 9.92. The SMILES string of the molecule is Cc1ccc2[nH]c(CCC(=O)N3CCC[C@](O)(CN(C)C)C3)nc2c1C. The Balaban J connectivity index is 1.62. The summed E-state index contributed by atoms with van der Waals surface area (Å²) in [6.07, 6.45) is 2.60. The average Bonchev–Trinajstić information content (AvgIpc) is 2.99. The molecule has 2 heterocycles. The van der Waals surface area contributed by atoms with Gasteiger partial charge in [0.25, 0.3) is 0 Å². The number of amides is 1. The summed E-state index contributed by atoms with van der Waals surface area (Å²) >= 11 is 0. The molecule has 0 aliphatic carbocycles. The zero-order valence-corrected chi connectivity index (χ0v) is 16.3. The molecule has 0 bridgehead atoms. The third kappa shape index (κ3) is 4.07. The van der Waals surface area contributed by atoms with E-state index in [1.165, 1.54) is 11.1 Å². The molecule has 2 aromatic rings. The number of nitrogens with one attached hydrogen (secondary N) is 1. The van der Waals surface area contributed by atoms with Gasteiger partial charge in [-0.15, -0.1) is 0 Å². The summed E-state index contributed by atoms with van der Waals surface area (Å²) in [5.41, 5.74) is 3.62. The quantitative estimate of drug-likeness (QED) is 0.858.